The molecule has 1 aromatic carbocycles. The van der Waals surface area contributed by atoms with E-state index in [-0.39, 0.29) is 5.91 Å². The number of ether oxygens (including phenoxy) is 1. The molecule has 3 rings (SSSR count). The number of halogens is 1. The molecule has 0 spiro atoms. The minimum Gasteiger partial charge on any atom is -0.449 e. The molecule has 0 saturated carbocycles. The maximum atomic E-state index is 11.9. The van der Waals surface area contributed by atoms with Crippen molar-refractivity contribution in [2.45, 2.75) is 6.42 Å². The number of fused-ring (bicyclic) bond motifs is 1. The molecule has 0 bridgehead atoms. The zero-order valence-corrected chi connectivity index (χ0v) is 9.80. The van der Waals surface area contributed by atoms with Crippen molar-refractivity contribution < 1.29 is 9.53 Å². The molecule has 17 heavy (non-hydrogen) atoms. The van der Waals surface area contributed by atoms with Crippen LogP contribution in [0.25, 0.3) is 0 Å². The lowest BCUT2D eigenvalue weighted by atomic mass is 10.1. The molecule has 0 radical (unpaired) electrons. The second-order valence-corrected chi connectivity index (χ2v) is 4.49. The second kappa shape index (κ2) is 4.05. The van der Waals surface area contributed by atoms with E-state index in [1.165, 1.54) is 0 Å². The number of rotatable bonds is 0. The predicted molar refractivity (Wildman–Crippen MR) is 65.2 cm³/mol. The van der Waals surface area contributed by atoms with Gasteiger partial charge >= 0.3 is 0 Å². The highest BCUT2D eigenvalue weighted by atomic mass is 35.5. The Kier molecular flexibility index (Phi) is 2.53. The van der Waals surface area contributed by atoms with Crippen LogP contribution in [0, 0.1) is 0 Å². The van der Waals surface area contributed by atoms with Crippen molar-refractivity contribution in [2.75, 3.05) is 18.4 Å². The lowest BCUT2D eigenvalue weighted by Gasteiger charge is -2.21. The third-order valence-corrected chi connectivity index (χ3v) is 3.11. The summed E-state index contributed by atoms with van der Waals surface area (Å²) in [5.74, 6) is 0.867. The summed E-state index contributed by atoms with van der Waals surface area (Å²) in [6.45, 7) is 1.61. The highest BCUT2D eigenvalue weighted by Crippen LogP contribution is 2.34. The van der Waals surface area contributed by atoms with Crippen LogP contribution in [-0.2, 0) is 4.79 Å². The Morgan fingerprint density at radius 3 is 3.00 bits per heavy atom. The quantitative estimate of drug-likeness (QED) is 0.692. The molecule has 0 atom stereocenters. The summed E-state index contributed by atoms with van der Waals surface area (Å²) >= 11 is 5.86. The van der Waals surface area contributed by atoms with Gasteiger partial charge in [0.1, 0.15) is 0 Å². The Morgan fingerprint density at radius 1 is 1.35 bits per heavy atom. The van der Waals surface area contributed by atoms with Gasteiger partial charge in [0.2, 0.25) is 0 Å². The first-order valence-electron chi connectivity index (χ1n) is 5.45. The van der Waals surface area contributed by atoms with Gasteiger partial charge in [0, 0.05) is 11.6 Å². The van der Waals surface area contributed by atoms with Gasteiger partial charge in [-0.15, -0.1) is 0 Å². The van der Waals surface area contributed by atoms with Crippen LogP contribution in [0.2, 0.25) is 5.02 Å². The Balaban J connectivity index is 2.00. The van der Waals surface area contributed by atoms with Crippen molar-refractivity contribution in [1.29, 1.82) is 0 Å². The number of hydrogen-bond acceptors (Lipinski definition) is 3. The fourth-order valence-electron chi connectivity index (χ4n) is 2.02. The van der Waals surface area contributed by atoms with Crippen LogP contribution in [0.5, 0.6) is 5.75 Å². The van der Waals surface area contributed by atoms with Gasteiger partial charge in [0.05, 0.1) is 5.69 Å². The van der Waals surface area contributed by atoms with Crippen LogP contribution < -0.4 is 15.4 Å². The van der Waals surface area contributed by atoms with Crippen molar-refractivity contribution >= 4 is 23.2 Å². The molecule has 88 valence electrons. The van der Waals surface area contributed by atoms with Crippen molar-refractivity contribution in [2.24, 2.45) is 0 Å². The first kappa shape index (κ1) is 10.6. The minimum absolute atomic E-state index is 0.196. The fraction of sp³-hybridized carbons (Fsp3) is 0.250. The van der Waals surface area contributed by atoms with Gasteiger partial charge in [-0.2, -0.15) is 0 Å². The third kappa shape index (κ3) is 1.90. The molecule has 5 heteroatoms. The molecule has 0 unspecified atom stereocenters. The Morgan fingerprint density at radius 2 is 2.24 bits per heavy atom. The van der Waals surface area contributed by atoms with Gasteiger partial charge in [0.25, 0.3) is 5.91 Å². The summed E-state index contributed by atoms with van der Waals surface area (Å²) in [5, 5.41) is 6.55. The molecular weight excluding hydrogens is 240 g/mol. The summed E-state index contributed by atoms with van der Waals surface area (Å²) in [7, 11) is 0. The van der Waals surface area contributed by atoms with E-state index >= 15 is 0 Å². The number of carbonyl (C=O) groups excluding carboxylic acids is 1. The van der Waals surface area contributed by atoms with E-state index in [1.807, 2.05) is 0 Å². The number of benzene rings is 1. The van der Waals surface area contributed by atoms with Crippen LogP contribution >= 0.6 is 11.6 Å². The number of hydrogen-bond donors (Lipinski definition) is 2. The molecular formula is C12H11ClN2O2. The zero-order valence-electron chi connectivity index (χ0n) is 9.05. The van der Waals surface area contributed by atoms with E-state index < -0.39 is 0 Å². The summed E-state index contributed by atoms with van der Waals surface area (Å²) in [6.07, 6.45) is 0.853. The van der Waals surface area contributed by atoms with Gasteiger partial charge in [-0.25, -0.2) is 0 Å². The fourth-order valence-corrected chi connectivity index (χ4v) is 2.19. The molecule has 1 fully saturated rings. The van der Waals surface area contributed by atoms with Crippen molar-refractivity contribution in [3.05, 3.63) is 34.6 Å². The van der Waals surface area contributed by atoms with E-state index in [1.54, 1.807) is 18.2 Å². The van der Waals surface area contributed by atoms with Gasteiger partial charge in [0.15, 0.2) is 11.5 Å². The SMILES string of the molecule is O=C1Nc2cc(Cl)ccc2O/C1=C1\CCNC1. The highest BCUT2D eigenvalue weighted by Gasteiger charge is 2.26. The zero-order chi connectivity index (χ0) is 11.8. The summed E-state index contributed by atoms with van der Waals surface area (Å²) in [4.78, 5) is 11.9. The molecule has 0 aromatic heterocycles. The van der Waals surface area contributed by atoms with Crippen molar-refractivity contribution in [3.8, 4) is 5.75 Å². The second-order valence-electron chi connectivity index (χ2n) is 4.06. The van der Waals surface area contributed by atoms with Crippen molar-refractivity contribution in [1.82, 2.24) is 5.32 Å². The van der Waals surface area contributed by atoms with Gasteiger partial charge in [-0.1, -0.05) is 11.6 Å². The molecule has 2 N–H and O–H groups in total. The third-order valence-electron chi connectivity index (χ3n) is 2.87. The van der Waals surface area contributed by atoms with E-state index in [9.17, 15) is 4.79 Å². The maximum Gasteiger partial charge on any atom is 0.291 e. The lowest BCUT2D eigenvalue weighted by molar-refractivity contribution is -0.115. The largest absolute Gasteiger partial charge is 0.449 e. The molecule has 0 aliphatic carbocycles. The topological polar surface area (TPSA) is 50.4 Å². The van der Waals surface area contributed by atoms with Crippen LogP contribution in [0.4, 0.5) is 5.69 Å². The Bertz CT molecular complexity index is 517. The Hall–Kier alpha value is -1.52. The van der Waals surface area contributed by atoms with Crippen LogP contribution in [-0.4, -0.2) is 19.0 Å². The van der Waals surface area contributed by atoms with Crippen LogP contribution in [0.15, 0.2) is 29.5 Å². The number of nitrogens with one attached hydrogen (secondary N) is 2. The average molecular weight is 251 g/mol. The molecule has 1 aromatic rings. The predicted octanol–water partition coefficient (Wildman–Crippen LogP) is 1.92. The molecule has 2 heterocycles. The van der Waals surface area contributed by atoms with Gasteiger partial charge in [-0.3, -0.25) is 4.79 Å². The van der Waals surface area contributed by atoms with Gasteiger partial charge in [-0.05, 0) is 36.7 Å². The summed E-state index contributed by atoms with van der Waals surface area (Å²) < 4.78 is 5.65. The molecule has 2 aliphatic heterocycles. The van der Waals surface area contributed by atoms with E-state index in [2.05, 4.69) is 10.6 Å². The lowest BCUT2D eigenvalue weighted by Crippen LogP contribution is -2.25. The first-order chi connectivity index (χ1) is 8.24. The van der Waals surface area contributed by atoms with E-state index in [4.69, 9.17) is 16.3 Å². The summed E-state index contributed by atoms with van der Waals surface area (Å²) in [5.41, 5.74) is 1.64. The monoisotopic (exact) mass is 250 g/mol. The molecule has 1 saturated heterocycles. The van der Waals surface area contributed by atoms with E-state index in [0.29, 0.717) is 28.8 Å². The van der Waals surface area contributed by atoms with E-state index in [0.717, 1.165) is 18.5 Å². The summed E-state index contributed by atoms with van der Waals surface area (Å²) in [6, 6.07) is 5.19. The number of amides is 1. The standard InChI is InChI=1S/C12H11ClN2O2/c13-8-1-2-10-9(5-8)15-12(16)11(17-10)7-3-4-14-6-7/h1-2,5,14H,3-4,6H2,(H,15,16)/b11-7+. The highest BCUT2D eigenvalue weighted by molar-refractivity contribution is 6.31. The molecule has 4 nitrogen and oxygen atoms in total. The number of anilines is 1. The normalized spacial score (nSPS) is 23.0. The molecule has 1 amide bonds. The first-order valence-corrected chi connectivity index (χ1v) is 5.83. The smallest absolute Gasteiger partial charge is 0.291 e. The van der Waals surface area contributed by atoms with Crippen LogP contribution in [0.1, 0.15) is 6.42 Å². The van der Waals surface area contributed by atoms with Crippen molar-refractivity contribution in [3.63, 3.8) is 0 Å². The minimum atomic E-state index is -0.196. The number of carbonyl (C=O) groups is 1. The van der Waals surface area contributed by atoms with Crippen LogP contribution in [0.3, 0.4) is 0 Å². The maximum absolute atomic E-state index is 11.9. The van der Waals surface area contributed by atoms with Gasteiger partial charge < -0.3 is 15.4 Å². The average Bonchev–Trinajstić information content (AvgIpc) is 2.81. The molecule has 2 aliphatic rings. The Labute approximate surface area is 104 Å².